The van der Waals surface area contributed by atoms with Gasteiger partial charge in [0, 0.05) is 43.6 Å². The number of hydrogen-bond donors (Lipinski definition) is 1. The Balaban J connectivity index is 1.61. The summed E-state index contributed by atoms with van der Waals surface area (Å²) in [7, 11) is 0. The Morgan fingerprint density at radius 3 is 2.43 bits per heavy atom. The highest BCUT2D eigenvalue weighted by molar-refractivity contribution is 5.60. The molecular formula is C18H29N3. The third kappa shape index (κ3) is 3.52. The van der Waals surface area contributed by atoms with Crippen LogP contribution in [0.3, 0.4) is 0 Å². The average Bonchev–Trinajstić information content (AvgIpc) is 3.04. The Morgan fingerprint density at radius 1 is 1.10 bits per heavy atom. The minimum atomic E-state index is 0.643. The van der Waals surface area contributed by atoms with Crippen LogP contribution in [0.15, 0.2) is 18.2 Å². The van der Waals surface area contributed by atoms with Crippen LogP contribution in [-0.2, 0) is 0 Å². The van der Waals surface area contributed by atoms with Crippen LogP contribution in [0.4, 0.5) is 11.4 Å². The van der Waals surface area contributed by atoms with E-state index in [0.29, 0.717) is 6.04 Å². The number of anilines is 2. The topological polar surface area (TPSA) is 18.5 Å². The highest BCUT2D eigenvalue weighted by atomic mass is 15.1. The lowest BCUT2D eigenvalue weighted by Gasteiger charge is -2.32. The third-order valence-corrected chi connectivity index (χ3v) is 5.08. The fourth-order valence-electron chi connectivity index (χ4n) is 3.60. The molecule has 0 amide bonds. The Hall–Kier alpha value is -1.22. The van der Waals surface area contributed by atoms with Gasteiger partial charge in [0.1, 0.15) is 0 Å². The molecule has 0 atom stereocenters. The van der Waals surface area contributed by atoms with Gasteiger partial charge in [-0.2, -0.15) is 0 Å². The molecule has 3 rings (SSSR count). The second-order valence-electron chi connectivity index (χ2n) is 6.55. The normalized spacial score (nSPS) is 21.0. The predicted molar refractivity (Wildman–Crippen MR) is 91.4 cm³/mol. The van der Waals surface area contributed by atoms with Gasteiger partial charge in [0.25, 0.3) is 0 Å². The van der Waals surface area contributed by atoms with Crippen LogP contribution in [-0.4, -0.2) is 43.7 Å². The smallest absolute Gasteiger partial charge is 0.0373 e. The van der Waals surface area contributed by atoms with E-state index in [9.17, 15) is 0 Å². The number of hydrogen-bond acceptors (Lipinski definition) is 3. The first-order chi connectivity index (χ1) is 10.3. The predicted octanol–water partition coefficient (Wildman–Crippen LogP) is 3.49. The van der Waals surface area contributed by atoms with Crippen molar-refractivity contribution in [1.29, 1.82) is 0 Å². The standard InChI is InChI=1S/C18H29N3/c1-3-20-12-8-16(9-13-20)19-18-7-6-17(14-15(18)2)21-10-4-5-11-21/h6-7,14,16,19H,3-5,8-13H2,1-2H3. The zero-order valence-corrected chi connectivity index (χ0v) is 13.6. The fraction of sp³-hybridized carbons (Fsp3) is 0.667. The van der Waals surface area contributed by atoms with E-state index in [-0.39, 0.29) is 0 Å². The van der Waals surface area contributed by atoms with E-state index in [1.165, 1.54) is 75.3 Å². The fourth-order valence-corrected chi connectivity index (χ4v) is 3.60. The molecule has 2 aliphatic rings. The van der Waals surface area contributed by atoms with E-state index in [1.807, 2.05) is 0 Å². The summed E-state index contributed by atoms with van der Waals surface area (Å²) in [6.07, 6.45) is 5.21. The van der Waals surface area contributed by atoms with Crippen molar-refractivity contribution in [2.24, 2.45) is 0 Å². The van der Waals surface area contributed by atoms with Crippen molar-refractivity contribution in [3.63, 3.8) is 0 Å². The molecule has 0 aliphatic carbocycles. The van der Waals surface area contributed by atoms with Crippen molar-refractivity contribution in [2.45, 2.75) is 45.6 Å². The molecule has 1 aromatic rings. The van der Waals surface area contributed by atoms with Crippen LogP contribution >= 0.6 is 0 Å². The second kappa shape index (κ2) is 6.69. The van der Waals surface area contributed by atoms with Crippen molar-refractivity contribution in [2.75, 3.05) is 42.9 Å². The first-order valence-corrected chi connectivity index (χ1v) is 8.61. The molecule has 1 N–H and O–H groups in total. The summed E-state index contributed by atoms with van der Waals surface area (Å²) in [4.78, 5) is 5.05. The van der Waals surface area contributed by atoms with E-state index in [4.69, 9.17) is 0 Å². The van der Waals surface area contributed by atoms with Gasteiger partial charge < -0.3 is 15.1 Å². The lowest BCUT2D eigenvalue weighted by Crippen LogP contribution is -2.38. The average molecular weight is 287 g/mol. The molecule has 0 bridgehead atoms. The monoisotopic (exact) mass is 287 g/mol. The first kappa shape index (κ1) is 14.7. The molecule has 2 aliphatic heterocycles. The molecule has 3 nitrogen and oxygen atoms in total. The number of likely N-dealkylation sites (tertiary alicyclic amines) is 1. The van der Waals surface area contributed by atoms with Crippen LogP contribution in [0.1, 0.15) is 38.2 Å². The molecule has 2 heterocycles. The molecule has 2 saturated heterocycles. The number of nitrogens with zero attached hydrogens (tertiary/aromatic N) is 2. The maximum Gasteiger partial charge on any atom is 0.0373 e. The molecule has 2 fully saturated rings. The lowest BCUT2D eigenvalue weighted by atomic mass is 10.0. The second-order valence-corrected chi connectivity index (χ2v) is 6.55. The van der Waals surface area contributed by atoms with Gasteiger partial charge in [-0.05, 0) is 62.9 Å². The number of piperidine rings is 1. The van der Waals surface area contributed by atoms with Crippen molar-refractivity contribution < 1.29 is 0 Å². The van der Waals surface area contributed by atoms with Crippen molar-refractivity contribution in [1.82, 2.24) is 4.90 Å². The lowest BCUT2D eigenvalue weighted by molar-refractivity contribution is 0.229. The summed E-state index contributed by atoms with van der Waals surface area (Å²) in [6, 6.07) is 7.58. The van der Waals surface area contributed by atoms with Gasteiger partial charge in [0.05, 0.1) is 0 Å². The van der Waals surface area contributed by atoms with Gasteiger partial charge in [0.2, 0.25) is 0 Å². The van der Waals surface area contributed by atoms with E-state index in [1.54, 1.807) is 0 Å². The Morgan fingerprint density at radius 2 is 1.81 bits per heavy atom. The summed E-state index contributed by atoms with van der Waals surface area (Å²) < 4.78 is 0. The number of nitrogens with one attached hydrogen (secondary N) is 1. The zero-order valence-electron chi connectivity index (χ0n) is 13.6. The van der Waals surface area contributed by atoms with Crippen LogP contribution in [0, 0.1) is 6.92 Å². The molecule has 0 radical (unpaired) electrons. The van der Waals surface area contributed by atoms with Crippen molar-refractivity contribution in [3.05, 3.63) is 23.8 Å². The molecule has 0 aromatic heterocycles. The number of rotatable bonds is 4. The third-order valence-electron chi connectivity index (χ3n) is 5.08. The largest absolute Gasteiger partial charge is 0.382 e. The van der Waals surface area contributed by atoms with Crippen molar-refractivity contribution in [3.8, 4) is 0 Å². The minimum absolute atomic E-state index is 0.643. The van der Waals surface area contributed by atoms with Crippen LogP contribution in [0.5, 0.6) is 0 Å². The van der Waals surface area contributed by atoms with Crippen LogP contribution < -0.4 is 10.2 Å². The van der Waals surface area contributed by atoms with Gasteiger partial charge in [0.15, 0.2) is 0 Å². The van der Waals surface area contributed by atoms with Gasteiger partial charge in [-0.3, -0.25) is 0 Å². The Kier molecular flexibility index (Phi) is 4.69. The summed E-state index contributed by atoms with van der Waals surface area (Å²) in [5.74, 6) is 0. The first-order valence-electron chi connectivity index (χ1n) is 8.61. The summed E-state index contributed by atoms with van der Waals surface area (Å²) in [5.41, 5.74) is 4.11. The summed E-state index contributed by atoms with van der Waals surface area (Å²) in [5, 5.41) is 3.77. The molecule has 0 spiro atoms. The van der Waals surface area contributed by atoms with Gasteiger partial charge in [-0.1, -0.05) is 6.92 Å². The SMILES string of the molecule is CCN1CCC(Nc2ccc(N3CCCC3)cc2C)CC1. The van der Waals surface area contributed by atoms with Gasteiger partial charge in [-0.15, -0.1) is 0 Å². The van der Waals surface area contributed by atoms with E-state index < -0.39 is 0 Å². The molecule has 3 heteroatoms. The summed E-state index contributed by atoms with van der Waals surface area (Å²) in [6.45, 7) is 10.6. The van der Waals surface area contributed by atoms with Crippen LogP contribution in [0.2, 0.25) is 0 Å². The molecule has 1 aromatic carbocycles. The van der Waals surface area contributed by atoms with E-state index in [0.717, 1.165) is 0 Å². The molecule has 0 unspecified atom stereocenters. The van der Waals surface area contributed by atoms with E-state index in [2.05, 4.69) is 47.2 Å². The van der Waals surface area contributed by atoms with Crippen LogP contribution in [0.25, 0.3) is 0 Å². The Labute approximate surface area is 129 Å². The minimum Gasteiger partial charge on any atom is -0.382 e. The molecule has 116 valence electrons. The van der Waals surface area contributed by atoms with Gasteiger partial charge in [-0.25, -0.2) is 0 Å². The van der Waals surface area contributed by atoms with E-state index >= 15 is 0 Å². The summed E-state index contributed by atoms with van der Waals surface area (Å²) >= 11 is 0. The molecule has 0 saturated carbocycles. The highest BCUT2D eigenvalue weighted by Gasteiger charge is 2.19. The zero-order chi connectivity index (χ0) is 14.7. The highest BCUT2D eigenvalue weighted by Crippen LogP contribution is 2.27. The number of benzene rings is 1. The molecular weight excluding hydrogens is 258 g/mol. The van der Waals surface area contributed by atoms with Crippen molar-refractivity contribution >= 4 is 11.4 Å². The quantitative estimate of drug-likeness (QED) is 0.914. The maximum atomic E-state index is 3.77. The maximum absolute atomic E-state index is 3.77. The number of aryl methyl sites for hydroxylation is 1. The Bertz CT molecular complexity index is 458. The van der Waals surface area contributed by atoms with Gasteiger partial charge >= 0.3 is 0 Å². The molecule has 21 heavy (non-hydrogen) atoms.